The van der Waals surface area contributed by atoms with E-state index in [-0.39, 0.29) is 5.78 Å². The van der Waals surface area contributed by atoms with Crippen molar-refractivity contribution in [2.75, 3.05) is 19.6 Å². The molecular weight excluding hydrogens is 314 g/mol. The SMILES string of the molecule is CC1(C)CCCN(CCC(=O)c2ccc(Br)cc2)CC1. The first-order chi connectivity index (χ1) is 9.46. The molecule has 1 aromatic rings. The van der Waals surface area contributed by atoms with Gasteiger partial charge in [0.25, 0.3) is 0 Å². The Kier molecular flexibility index (Phi) is 5.39. The van der Waals surface area contributed by atoms with E-state index in [1.54, 1.807) is 0 Å². The van der Waals surface area contributed by atoms with Crippen molar-refractivity contribution in [3.8, 4) is 0 Å². The van der Waals surface area contributed by atoms with E-state index in [0.29, 0.717) is 11.8 Å². The average Bonchev–Trinajstić information content (AvgIpc) is 2.58. The van der Waals surface area contributed by atoms with Gasteiger partial charge >= 0.3 is 0 Å². The van der Waals surface area contributed by atoms with Crippen LogP contribution in [0.3, 0.4) is 0 Å². The van der Waals surface area contributed by atoms with Crippen LogP contribution in [-0.2, 0) is 0 Å². The highest BCUT2D eigenvalue weighted by Gasteiger charge is 2.23. The Hall–Kier alpha value is -0.670. The number of nitrogens with zero attached hydrogens (tertiary/aromatic N) is 1. The minimum atomic E-state index is 0.251. The quantitative estimate of drug-likeness (QED) is 0.752. The highest BCUT2D eigenvalue weighted by Crippen LogP contribution is 2.29. The van der Waals surface area contributed by atoms with Crippen LogP contribution in [0.4, 0.5) is 0 Å². The number of halogens is 1. The molecule has 0 bridgehead atoms. The Labute approximate surface area is 130 Å². The van der Waals surface area contributed by atoms with Crippen LogP contribution in [0.5, 0.6) is 0 Å². The van der Waals surface area contributed by atoms with E-state index in [0.717, 1.165) is 29.7 Å². The maximum atomic E-state index is 12.2. The lowest BCUT2D eigenvalue weighted by Crippen LogP contribution is -2.28. The van der Waals surface area contributed by atoms with Crippen molar-refractivity contribution in [3.05, 3.63) is 34.3 Å². The van der Waals surface area contributed by atoms with Gasteiger partial charge in [0, 0.05) is 23.0 Å². The second kappa shape index (κ2) is 6.86. The predicted molar refractivity (Wildman–Crippen MR) is 87.2 cm³/mol. The minimum Gasteiger partial charge on any atom is -0.303 e. The van der Waals surface area contributed by atoms with Gasteiger partial charge in [-0.1, -0.05) is 41.9 Å². The first-order valence-corrected chi connectivity index (χ1v) is 8.27. The maximum absolute atomic E-state index is 12.2. The summed E-state index contributed by atoms with van der Waals surface area (Å²) in [5.41, 5.74) is 1.29. The topological polar surface area (TPSA) is 20.3 Å². The van der Waals surface area contributed by atoms with E-state index in [1.807, 2.05) is 24.3 Å². The lowest BCUT2D eigenvalue weighted by atomic mass is 9.85. The van der Waals surface area contributed by atoms with Crippen LogP contribution in [0.1, 0.15) is 49.9 Å². The Balaban J connectivity index is 1.83. The van der Waals surface area contributed by atoms with E-state index in [4.69, 9.17) is 0 Å². The normalized spacial score (nSPS) is 19.6. The zero-order chi connectivity index (χ0) is 14.6. The van der Waals surface area contributed by atoms with Crippen molar-refractivity contribution >= 4 is 21.7 Å². The second-order valence-corrected chi connectivity index (χ2v) is 7.46. The van der Waals surface area contributed by atoms with Gasteiger partial charge < -0.3 is 4.90 Å². The number of carbonyl (C=O) groups excluding carboxylic acids is 1. The van der Waals surface area contributed by atoms with Crippen molar-refractivity contribution in [1.29, 1.82) is 0 Å². The summed E-state index contributed by atoms with van der Waals surface area (Å²) in [6, 6.07) is 7.67. The lowest BCUT2D eigenvalue weighted by Gasteiger charge is -2.23. The molecule has 2 nitrogen and oxygen atoms in total. The molecule has 1 saturated heterocycles. The molecule has 0 amide bonds. The minimum absolute atomic E-state index is 0.251. The first-order valence-electron chi connectivity index (χ1n) is 7.47. The largest absolute Gasteiger partial charge is 0.303 e. The molecule has 1 aromatic carbocycles. The van der Waals surface area contributed by atoms with Crippen LogP contribution in [0.2, 0.25) is 0 Å². The Morgan fingerprint density at radius 2 is 1.90 bits per heavy atom. The van der Waals surface area contributed by atoms with Crippen molar-refractivity contribution in [1.82, 2.24) is 4.90 Å². The number of hydrogen-bond acceptors (Lipinski definition) is 2. The number of carbonyl (C=O) groups is 1. The van der Waals surface area contributed by atoms with Crippen LogP contribution in [-0.4, -0.2) is 30.3 Å². The fraction of sp³-hybridized carbons (Fsp3) is 0.588. The van der Waals surface area contributed by atoms with Gasteiger partial charge in [-0.25, -0.2) is 0 Å². The summed E-state index contributed by atoms with van der Waals surface area (Å²) >= 11 is 3.40. The molecule has 0 spiro atoms. The molecule has 110 valence electrons. The summed E-state index contributed by atoms with van der Waals surface area (Å²) < 4.78 is 1.02. The molecule has 0 N–H and O–H groups in total. The Morgan fingerprint density at radius 3 is 2.60 bits per heavy atom. The van der Waals surface area contributed by atoms with Gasteiger partial charge in [-0.3, -0.25) is 4.79 Å². The monoisotopic (exact) mass is 337 g/mol. The van der Waals surface area contributed by atoms with E-state index in [2.05, 4.69) is 34.7 Å². The standard InChI is InChI=1S/C17H24BrNO/c1-17(2)9-3-11-19(13-10-17)12-8-16(20)14-4-6-15(18)7-5-14/h4-7H,3,8-13H2,1-2H3. The third kappa shape index (κ3) is 4.71. The summed E-state index contributed by atoms with van der Waals surface area (Å²) in [6.45, 7) is 7.86. The van der Waals surface area contributed by atoms with E-state index >= 15 is 0 Å². The van der Waals surface area contributed by atoms with Crippen molar-refractivity contribution in [2.24, 2.45) is 5.41 Å². The van der Waals surface area contributed by atoms with Gasteiger partial charge in [0.05, 0.1) is 0 Å². The van der Waals surface area contributed by atoms with Crippen molar-refractivity contribution in [3.63, 3.8) is 0 Å². The molecule has 0 saturated carbocycles. The third-order valence-electron chi connectivity index (χ3n) is 4.25. The number of rotatable bonds is 4. The third-order valence-corrected chi connectivity index (χ3v) is 4.78. The van der Waals surface area contributed by atoms with E-state index in [1.165, 1.54) is 19.3 Å². The van der Waals surface area contributed by atoms with Gasteiger partial charge in [-0.05, 0) is 49.9 Å². The fourth-order valence-electron chi connectivity index (χ4n) is 2.74. The second-order valence-electron chi connectivity index (χ2n) is 6.54. The maximum Gasteiger partial charge on any atom is 0.164 e. The van der Waals surface area contributed by atoms with Crippen molar-refractivity contribution < 1.29 is 4.79 Å². The molecule has 0 unspecified atom stereocenters. The molecule has 3 heteroatoms. The molecule has 0 radical (unpaired) electrons. The molecule has 0 atom stereocenters. The first kappa shape index (κ1) is 15.7. The van der Waals surface area contributed by atoms with Gasteiger partial charge in [0.1, 0.15) is 0 Å². The molecule has 0 aliphatic carbocycles. The van der Waals surface area contributed by atoms with Crippen LogP contribution in [0.25, 0.3) is 0 Å². The van der Waals surface area contributed by atoms with Crippen LogP contribution >= 0.6 is 15.9 Å². The molecule has 2 rings (SSSR count). The molecule has 1 heterocycles. The summed E-state index contributed by atoms with van der Waals surface area (Å²) in [4.78, 5) is 14.6. The van der Waals surface area contributed by atoms with Crippen LogP contribution in [0, 0.1) is 5.41 Å². The molecule has 1 fully saturated rings. The Morgan fingerprint density at radius 1 is 1.20 bits per heavy atom. The predicted octanol–water partition coefficient (Wildman–Crippen LogP) is 4.53. The number of likely N-dealkylation sites (tertiary alicyclic amines) is 1. The number of hydrogen-bond donors (Lipinski definition) is 0. The number of benzene rings is 1. The van der Waals surface area contributed by atoms with Crippen LogP contribution in [0.15, 0.2) is 28.7 Å². The summed E-state index contributed by atoms with van der Waals surface area (Å²) in [5.74, 6) is 0.251. The average molecular weight is 338 g/mol. The lowest BCUT2D eigenvalue weighted by molar-refractivity contribution is 0.0964. The van der Waals surface area contributed by atoms with Gasteiger partial charge in [0.2, 0.25) is 0 Å². The zero-order valence-electron chi connectivity index (χ0n) is 12.5. The summed E-state index contributed by atoms with van der Waals surface area (Å²) in [6.07, 6.45) is 4.41. The van der Waals surface area contributed by atoms with E-state index < -0.39 is 0 Å². The Bertz CT molecular complexity index is 453. The molecule has 1 aliphatic rings. The highest BCUT2D eigenvalue weighted by atomic mass is 79.9. The van der Waals surface area contributed by atoms with Gasteiger partial charge in [-0.15, -0.1) is 0 Å². The molecule has 1 aliphatic heterocycles. The fourth-order valence-corrected chi connectivity index (χ4v) is 3.01. The highest BCUT2D eigenvalue weighted by molar-refractivity contribution is 9.10. The van der Waals surface area contributed by atoms with Crippen LogP contribution < -0.4 is 0 Å². The van der Waals surface area contributed by atoms with Gasteiger partial charge in [-0.2, -0.15) is 0 Å². The molecular formula is C17H24BrNO. The van der Waals surface area contributed by atoms with E-state index in [9.17, 15) is 4.79 Å². The molecule has 20 heavy (non-hydrogen) atoms. The summed E-state index contributed by atoms with van der Waals surface area (Å²) in [7, 11) is 0. The number of Topliss-reactive ketones (excluding diaryl/α,β-unsaturated/α-hetero) is 1. The zero-order valence-corrected chi connectivity index (χ0v) is 14.1. The van der Waals surface area contributed by atoms with Crippen molar-refractivity contribution in [2.45, 2.75) is 39.5 Å². The number of ketones is 1. The molecule has 0 aromatic heterocycles. The smallest absolute Gasteiger partial charge is 0.164 e. The summed E-state index contributed by atoms with van der Waals surface area (Å²) in [5, 5.41) is 0. The van der Waals surface area contributed by atoms with Gasteiger partial charge in [0.15, 0.2) is 5.78 Å².